The first-order valence-electron chi connectivity index (χ1n) is 16.4. The van der Waals surface area contributed by atoms with Gasteiger partial charge in [-0.2, -0.15) is 0 Å². The second-order valence-electron chi connectivity index (χ2n) is 12.1. The summed E-state index contributed by atoms with van der Waals surface area (Å²) in [5.41, 5.74) is 6.12. The van der Waals surface area contributed by atoms with E-state index in [4.69, 9.17) is 14.6 Å². The minimum atomic E-state index is -1.20. The summed E-state index contributed by atoms with van der Waals surface area (Å²) in [5, 5.41) is 42.6. The summed E-state index contributed by atoms with van der Waals surface area (Å²) in [7, 11) is 2.88. The van der Waals surface area contributed by atoms with Crippen molar-refractivity contribution in [3.63, 3.8) is 0 Å². The van der Waals surface area contributed by atoms with Crippen molar-refractivity contribution in [1.82, 2.24) is 15.3 Å². The number of benzene rings is 2. The van der Waals surface area contributed by atoms with Crippen molar-refractivity contribution in [3.8, 4) is 22.6 Å². The molecule has 0 radical (unpaired) electrons. The Balaban J connectivity index is 1.51. The molecule has 2 aromatic heterocycles. The molecule has 2 atom stereocenters. The van der Waals surface area contributed by atoms with Gasteiger partial charge in [0.1, 0.15) is 28.9 Å². The van der Waals surface area contributed by atoms with Crippen LogP contribution in [0.1, 0.15) is 55.2 Å². The molecule has 0 fully saturated rings. The lowest BCUT2D eigenvalue weighted by molar-refractivity contribution is -0.143. The van der Waals surface area contributed by atoms with Gasteiger partial charge in [-0.15, -0.1) is 0 Å². The fraction of sp³-hybridized carbons (Fsp3) is 0.316. The van der Waals surface area contributed by atoms with E-state index in [1.165, 1.54) is 38.7 Å². The molecule has 14 heteroatoms. The molecule has 1 amide bonds. The molecule has 0 unspecified atom stereocenters. The van der Waals surface area contributed by atoms with Crippen LogP contribution in [-0.2, 0) is 29.0 Å². The number of methoxy groups -OCH3 is 2. The van der Waals surface area contributed by atoms with Crippen molar-refractivity contribution >= 4 is 29.3 Å². The minimum Gasteiger partial charge on any atom is -0.496 e. The zero-order valence-electron chi connectivity index (χ0n) is 29.3. The minimum absolute atomic E-state index is 0.0506. The number of ether oxygens (including phenoxy) is 2. The number of carbonyl (C=O) groups is 4. The summed E-state index contributed by atoms with van der Waals surface area (Å²) in [4.78, 5) is 57.8. The second kappa shape index (κ2) is 18.0. The van der Waals surface area contributed by atoms with Crippen molar-refractivity contribution < 1.29 is 49.1 Å². The number of aliphatic hydroxyl groups excluding tert-OH is 2. The molecule has 0 aliphatic carbocycles. The number of amides is 1. The molecule has 0 saturated heterocycles. The third-order valence-electron chi connectivity index (χ3n) is 8.87. The van der Waals surface area contributed by atoms with Crippen LogP contribution in [0.5, 0.6) is 11.5 Å². The smallest absolute Gasteiger partial charge is 0.323 e. The number of aliphatic carboxylic acids is 2. The normalized spacial score (nSPS) is 12.1. The highest BCUT2D eigenvalue weighted by Gasteiger charge is 2.21. The predicted molar refractivity (Wildman–Crippen MR) is 191 cm³/mol. The maximum absolute atomic E-state index is 13.4. The van der Waals surface area contributed by atoms with Crippen LogP contribution in [0.4, 0.5) is 5.69 Å². The van der Waals surface area contributed by atoms with Gasteiger partial charge in [-0.05, 0) is 60.6 Å². The van der Waals surface area contributed by atoms with Crippen LogP contribution in [0.15, 0.2) is 60.9 Å². The van der Waals surface area contributed by atoms with Gasteiger partial charge >= 0.3 is 11.9 Å². The van der Waals surface area contributed by atoms with Crippen molar-refractivity contribution in [1.29, 1.82) is 0 Å². The maximum atomic E-state index is 13.4. The second-order valence-corrected chi connectivity index (χ2v) is 12.1. The Kier molecular flexibility index (Phi) is 13.5. The third kappa shape index (κ3) is 9.34. The summed E-state index contributed by atoms with van der Waals surface area (Å²) in [6.07, 6.45) is 3.43. The van der Waals surface area contributed by atoms with Gasteiger partial charge in [-0.3, -0.25) is 34.5 Å². The number of nitrogens with zero attached hydrogens (tertiary/aromatic N) is 2. The van der Waals surface area contributed by atoms with E-state index in [1.54, 1.807) is 6.07 Å². The molecule has 0 aliphatic heterocycles. The number of anilines is 1. The summed E-state index contributed by atoms with van der Waals surface area (Å²) in [6.45, 7) is 2.78. The van der Waals surface area contributed by atoms with E-state index in [0.717, 1.165) is 27.8 Å². The molecule has 274 valence electrons. The largest absolute Gasteiger partial charge is 0.496 e. The van der Waals surface area contributed by atoms with E-state index in [9.17, 15) is 34.5 Å². The van der Waals surface area contributed by atoms with Crippen LogP contribution < -0.4 is 20.1 Å². The number of hydrogen-bond acceptors (Lipinski definition) is 11. The van der Waals surface area contributed by atoms with Crippen molar-refractivity contribution in [2.75, 3.05) is 32.8 Å². The molecule has 0 aliphatic rings. The average molecular weight is 715 g/mol. The zero-order valence-corrected chi connectivity index (χ0v) is 29.3. The zero-order chi connectivity index (χ0) is 37.9. The number of rotatable bonds is 18. The number of aryl methyl sites for hydroxylation is 1. The van der Waals surface area contributed by atoms with Gasteiger partial charge in [0.2, 0.25) is 0 Å². The highest BCUT2D eigenvalue weighted by atomic mass is 16.5. The molecule has 4 rings (SSSR count). The van der Waals surface area contributed by atoms with E-state index < -0.39 is 43.0 Å². The number of Topliss-reactive ketones (excluding diaryl/α,β-unsaturated/α-hetero) is 1. The fourth-order valence-corrected chi connectivity index (χ4v) is 5.67. The maximum Gasteiger partial charge on any atom is 0.323 e. The molecule has 2 heterocycles. The molecule has 2 aromatic carbocycles. The van der Waals surface area contributed by atoms with Gasteiger partial charge in [-0.25, -0.2) is 0 Å². The van der Waals surface area contributed by atoms with Crippen molar-refractivity contribution in [2.24, 2.45) is 5.92 Å². The summed E-state index contributed by atoms with van der Waals surface area (Å²) < 4.78 is 10.9. The Morgan fingerprint density at radius 2 is 1.38 bits per heavy atom. The van der Waals surface area contributed by atoms with Crippen molar-refractivity contribution in [2.45, 2.75) is 45.7 Å². The quantitative estimate of drug-likeness (QED) is 0.0813. The first-order valence-corrected chi connectivity index (χ1v) is 16.4. The fourth-order valence-electron chi connectivity index (χ4n) is 5.67. The van der Waals surface area contributed by atoms with E-state index in [1.807, 2.05) is 44.2 Å². The Labute approximate surface area is 300 Å². The number of ketones is 1. The van der Waals surface area contributed by atoms with Gasteiger partial charge < -0.3 is 35.2 Å². The van der Waals surface area contributed by atoms with Crippen LogP contribution in [-0.4, -0.2) is 87.5 Å². The standard InChI is InChI=1S/C38H42N4O10/c1-21-23(13-33(45)30-14-35(52-4)26(17-39-30)18-41-32(20-44)38(49)50)7-5-8-27(21)28-9-6-10-29(22(28)2)42-36(46)31-15-34(51-3)24(16-40-31)11-12-25(19-43)37(47)48/h5-10,14-17,25,32,41,43-44H,11-13,18-20H2,1-4H3,(H,42,46)(H,47,48)(H,49,50)/t25-,32-/m1/s1. The van der Waals surface area contributed by atoms with Gasteiger partial charge in [0.25, 0.3) is 5.91 Å². The van der Waals surface area contributed by atoms with Crippen LogP contribution >= 0.6 is 0 Å². The number of carbonyl (C=O) groups excluding carboxylic acids is 2. The summed E-state index contributed by atoms with van der Waals surface area (Å²) in [5.74, 6) is -3.21. The number of carboxylic acids is 2. The van der Waals surface area contributed by atoms with Crippen LogP contribution in [0.3, 0.4) is 0 Å². The highest BCUT2D eigenvalue weighted by molar-refractivity contribution is 6.04. The topological polar surface area (TPSA) is 217 Å². The van der Waals surface area contributed by atoms with E-state index in [0.29, 0.717) is 28.3 Å². The lowest BCUT2D eigenvalue weighted by Crippen LogP contribution is -2.39. The van der Waals surface area contributed by atoms with Crippen LogP contribution in [0.25, 0.3) is 11.1 Å². The molecule has 0 spiro atoms. The SMILES string of the molecule is COc1cc(C(=O)Nc2cccc(-c3cccc(CC(=O)c4cc(OC)c(CN[C@H](CO)C(=O)O)cn4)c3C)c2C)ncc1CC[C@H](CO)C(=O)O. The molecule has 52 heavy (non-hydrogen) atoms. The lowest BCUT2D eigenvalue weighted by atomic mass is 9.91. The number of aliphatic hydroxyl groups is 2. The molecular weight excluding hydrogens is 672 g/mol. The number of nitrogens with one attached hydrogen (secondary N) is 2. The molecule has 6 N–H and O–H groups in total. The van der Waals surface area contributed by atoms with E-state index in [-0.39, 0.29) is 43.0 Å². The van der Waals surface area contributed by atoms with Crippen LogP contribution in [0.2, 0.25) is 0 Å². The summed E-state index contributed by atoms with van der Waals surface area (Å²) in [6, 6.07) is 13.0. The Bertz CT molecular complexity index is 1810. The van der Waals surface area contributed by atoms with Crippen LogP contribution in [0, 0.1) is 19.8 Å². The van der Waals surface area contributed by atoms with Gasteiger partial charge in [0.15, 0.2) is 5.78 Å². The Hall–Kier alpha value is -5.70. The monoisotopic (exact) mass is 714 g/mol. The van der Waals surface area contributed by atoms with Crippen molar-refractivity contribution in [3.05, 3.63) is 100 Å². The number of hydrogen-bond donors (Lipinski definition) is 6. The Morgan fingerprint density at radius 1 is 0.769 bits per heavy atom. The third-order valence-corrected chi connectivity index (χ3v) is 8.87. The molecule has 0 saturated carbocycles. The lowest BCUT2D eigenvalue weighted by Gasteiger charge is -2.17. The number of pyridine rings is 2. The Morgan fingerprint density at radius 3 is 2.02 bits per heavy atom. The van der Waals surface area contributed by atoms with E-state index >= 15 is 0 Å². The van der Waals surface area contributed by atoms with Gasteiger partial charge in [-0.1, -0.05) is 30.3 Å². The first kappa shape index (κ1) is 39.1. The molecular formula is C38H42N4O10. The summed E-state index contributed by atoms with van der Waals surface area (Å²) >= 11 is 0. The highest BCUT2D eigenvalue weighted by Crippen LogP contribution is 2.33. The predicted octanol–water partition coefficient (Wildman–Crippen LogP) is 3.62. The average Bonchev–Trinajstić information content (AvgIpc) is 3.13. The van der Waals surface area contributed by atoms with Gasteiger partial charge in [0, 0.05) is 54.3 Å². The van der Waals surface area contributed by atoms with E-state index in [2.05, 4.69) is 20.6 Å². The molecule has 14 nitrogen and oxygen atoms in total. The van der Waals surface area contributed by atoms with Gasteiger partial charge in [0.05, 0.1) is 33.4 Å². The molecule has 0 bridgehead atoms. The number of aromatic nitrogens is 2. The number of carboxylic acid groups (broad SMARTS) is 2. The first-order chi connectivity index (χ1) is 24.9. The molecule has 4 aromatic rings.